The number of fused-ring (bicyclic) bond motifs is 1. The predicted molar refractivity (Wildman–Crippen MR) is 76.0 cm³/mol. The highest BCUT2D eigenvalue weighted by Crippen LogP contribution is 2.35. The molecular formula is C15H8BrF2NO2. The number of hydrogen-bond acceptors (Lipinski definition) is 2. The number of hydrogen-bond donors (Lipinski definition) is 0. The molecule has 0 aromatic heterocycles. The zero-order chi connectivity index (χ0) is 15.1. The Morgan fingerprint density at radius 2 is 1.67 bits per heavy atom. The summed E-state index contributed by atoms with van der Waals surface area (Å²) in [6.07, 6.45) is 0. The van der Waals surface area contributed by atoms with Crippen molar-refractivity contribution < 1.29 is 18.4 Å². The second-order valence-electron chi connectivity index (χ2n) is 4.56. The second-order valence-corrected chi connectivity index (χ2v) is 5.42. The lowest BCUT2D eigenvalue weighted by Crippen LogP contribution is -2.29. The van der Waals surface area contributed by atoms with Crippen molar-refractivity contribution in [3.05, 3.63) is 63.6 Å². The molecule has 3 nitrogen and oxygen atoms in total. The fraction of sp³-hybridized carbons (Fsp3) is 0.0667. The van der Waals surface area contributed by atoms with E-state index >= 15 is 0 Å². The zero-order valence-electron chi connectivity index (χ0n) is 10.6. The van der Waals surface area contributed by atoms with Gasteiger partial charge in [-0.25, -0.2) is 8.78 Å². The minimum absolute atomic E-state index is 0.0145. The number of carbonyl (C=O) groups excluding carboxylic acids is 2. The molecule has 2 aromatic carbocycles. The van der Waals surface area contributed by atoms with Crippen LogP contribution in [0, 0.1) is 11.6 Å². The highest BCUT2D eigenvalue weighted by atomic mass is 79.9. The van der Waals surface area contributed by atoms with Gasteiger partial charge in [0.05, 0.1) is 17.8 Å². The van der Waals surface area contributed by atoms with E-state index in [-0.39, 0.29) is 12.2 Å². The molecule has 2 aromatic rings. The van der Waals surface area contributed by atoms with Gasteiger partial charge in [0.1, 0.15) is 11.6 Å². The molecule has 106 valence electrons. The van der Waals surface area contributed by atoms with E-state index in [1.54, 1.807) is 24.3 Å². The molecule has 6 heteroatoms. The van der Waals surface area contributed by atoms with Crippen LogP contribution in [0.2, 0.25) is 0 Å². The van der Waals surface area contributed by atoms with Gasteiger partial charge in [-0.1, -0.05) is 34.1 Å². The first kappa shape index (κ1) is 13.9. The van der Waals surface area contributed by atoms with Crippen LogP contribution in [0.5, 0.6) is 0 Å². The van der Waals surface area contributed by atoms with E-state index in [1.165, 1.54) is 0 Å². The van der Waals surface area contributed by atoms with Gasteiger partial charge in [0.2, 0.25) is 0 Å². The molecule has 0 saturated carbocycles. The Hall–Kier alpha value is -2.08. The summed E-state index contributed by atoms with van der Waals surface area (Å²) in [6.45, 7) is -0.0145. The van der Waals surface area contributed by atoms with Crippen molar-refractivity contribution in [3.63, 3.8) is 0 Å². The number of benzene rings is 2. The third-order valence-electron chi connectivity index (χ3n) is 3.30. The first-order valence-electron chi connectivity index (χ1n) is 6.08. The van der Waals surface area contributed by atoms with Gasteiger partial charge in [0.25, 0.3) is 11.7 Å². The van der Waals surface area contributed by atoms with Gasteiger partial charge in [-0.05, 0) is 23.8 Å². The van der Waals surface area contributed by atoms with Crippen LogP contribution in [0.15, 0.2) is 40.9 Å². The van der Waals surface area contributed by atoms with Crippen LogP contribution < -0.4 is 4.90 Å². The third kappa shape index (κ3) is 2.15. The molecule has 0 spiro atoms. The SMILES string of the molecule is O=C1C(=O)N(Cc2ccccc2Br)c2c(F)ccc(F)c21. The van der Waals surface area contributed by atoms with Crippen molar-refractivity contribution >= 4 is 33.3 Å². The Labute approximate surface area is 127 Å². The number of carbonyl (C=O) groups is 2. The first-order chi connectivity index (χ1) is 10.0. The minimum atomic E-state index is -1.02. The van der Waals surface area contributed by atoms with E-state index in [9.17, 15) is 18.4 Å². The molecule has 21 heavy (non-hydrogen) atoms. The largest absolute Gasteiger partial charge is 0.299 e. The average Bonchev–Trinajstić information content (AvgIpc) is 2.71. The molecule has 1 aliphatic heterocycles. The number of Topliss-reactive ketones (excluding diaryl/α,β-unsaturated/α-hetero) is 1. The molecule has 0 aliphatic carbocycles. The van der Waals surface area contributed by atoms with Crippen LogP contribution in [0.3, 0.4) is 0 Å². The molecule has 0 unspecified atom stereocenters. The number of anilines is 1. The van der Waals surface area contributed by atoms with E-state index in [1.807, 2.05) is 0 Å². The number of rotatable bonds is 2. The Bertz CT molecular complexity index is 776. The van der Waals surface area contributed by atoms with Gasteiger partial charge in [0.15, 0.2) is 0 Å². The van der Waals surface area contributed by atoms with Gasteiger partial charge in [-0.3, -0.25) is 14.5 Å². The Morgan fingerprint density at radius 1 is 1.00 bits per heavy atom. The van der Waals surface area contributed by atoms with Crippen LogP contribution in [-0.2, 0) is 11.3 Å². The average molecular weight is 352 g/mol. The molecule has 3 rings (SSSR count). The summed E-state index contributed by atoms with van der Waals surface area (Å²) in [5.41, 5.74) is -0.0945. The van der Waals surface area contributed by atoms with Crippen LogP contribution in [-0.4, -0.2) is 11.7 Å². The van der Waals surface area contributed by atoms with Crippen molar-refractivity contribution in [2.45, 2.75) is 6.54 Å². The monoisotopic (exact) mass is 351 g/mol. The Kier molecular flexibility index (Phi) is 3.33. The van der Waals surface area contributed by atoms with Crippen molar-refractivity contribution in [1.29, 1.82) is 0 Å². The summed E-state index contributed by atoms with van der Waals surface area (Å²) in [5, 5.41) is 0. The van der Waals surface area contributed by atoms with Crippen LogP contribution in [0.1, 0.15) is 15.9 Å². The van der Waals surface area contributed by atoms with E-state index < -0.39 is 28.9 Å². The maximum Gasteiger partial charge on any atom is 0.299 e. The zero-order valence-corrected chi connectivity index (χ0v) is 12.2. The highest BCUT2D eigenvalue weighted by Gasteiger charge is 2.40. The molecule has 1 heterocycles. The summed E-state index contributed by atoms with van der Waals surface area (Å²) in [5.74, 6) is -3.63. The summed E-state index contributed by atoms with van der Waals surface area (Å²) in [6, 6.07) is 8.80. The highest BCUT2D eigenvalue weighted by molar-refractivity contribution is 9.10. The van der Waals surface area contributed by atoms with E-state index in [0.717, 1.165) is 21.5 Å². The smallest absolute Gasteiger partial charge is 0.297 e. The summed E-state index contributed by atoms with van der Waals surface area (Å²) < 4.78 is 28.4. The van der Waals surface area contributed by atoms with Crippen LogP contribution >= 0.6 is 15.9 Å². The lowest BCUT2D eigenvalue weighted by atomic mass is 10.1. The topological polar surface area (TPSA) is 37.4 Å². The fourth-order valence-corrected chi connectivity index (χ4v) is 2.71. The maximum absolute atomic E-state index is 13.9. The Balaban J connectivity index is 2.10. The molecule has 1 amide bonds. The molecule has 0 fully saturated rings. The van der Waals surface area contributed by atoms with Crippen molar-refractivity contribution in [1.82, 2.24) is 0 Å². The normalized spacial score (nSPS) is 13.8. The lowest BCUT2D eigenvalue weighted by molar-refractivity contribution is -0.114. The molecule has 1 aliphatic rings. The number of amides is 1. The van der Waals surface area contributed by atoms with Gasteiger partial charge in [-0.15, -0.1) is 0 Å². The molecular weight excluding hydrogens is 344 g/mol. The number of nitrogens with zero attached hydrogens (tertiary/aromatic N) is 1. The Morgan fingerprint density at radius 3 is 2.38 bits per heavy atom. The first-order valence-corrected chi connectivity index (χ1v) is 6.87. The van der Waals surface area contributed by atoms with Crippen molar-refractivity contribution in [3.8, 4) is 0 Å². The summed E-state index contributed by atoms with van der Waals surface area (Å²) >= 11 is 3.32. The molecule has 0 bridgehead atoms. The molecule has 0 saturated heterocycles. The maximum atomic E-state index is 13.9. The summed E-state index contributed by atoms with van der Waals surface area (Å²) in [7, 11) is 0. The fourth-order valence-electron chi connectivity index (χ4n) is 2.30. The second kappa shape index (κ2) is 5.04. The van der Waals surface area contributed by atoms with Crippen molar-refractivity contribution in [2.24, 2.45) is 0 Å². The van der Waals surface area contributed by atoms with Gasteiger partial charge in [-0.2, -0.15) is 0 Å². The third-order valence-corrected chi connectivity index (χ3v) is 4.07. The van der Waals surface area contributed by atoms with E-state index in [4.69, 9.17) is 0 Å². The minimum Gasteiger partial charge on any atom is -0.297 e. The van der Waals surface area contributed by atoms with Crippen LogP contribution in [0.25, 0.3) is 0 Å². The van der Waals surface area contributed by atoms with E-state index in [2.05, 4.69) is 15.9 Å². The van der Waals surface area contributed by atoms with Crippen LogP contribution in [0.4, 0.5) is 14.5 Å². The van der Waals surface area contributed by atoms with Gasteiger partial charge >= 0.3 is 0 Å². The van der Waals surface area contributed by atoms with E-state index in [0.29, 0.717) is 5.56 Å². The standard InChI is InChI=1S/C15H8BrF2NO2/c16-9-4-2-1-3-8(9)7-19-13-11(18)6-5-10(17)12(13)14(20)15(19)21/h1-6H,7H2. The molecule has 0 atom stereocenters. The lowest BCUT2D eigenvalue weighted by Gasteiger charge is -2.18. The molecule has 0 radical (unpaired) electrons. The quantitative estimate of drug-likeness (QED) is 0.777. The number of halogens is 3. The molecule has 0 N–H and O–H groups in total. The summed E-state index contributed by atoms with van der Waals surface area (Å²) in [4.78, 5) is 24.8. The van der Waals surface area contributed by atoms with Gasteiger partial charge in [0, 0.05) is 4.47 Å². The number of ketones is 1. The van der Waals surface area contributed by atoms with Crippen molar-refractivity contribution in [2.75, 3.05) is 4.90 Å². The van der Waals surface area contributed by atoms with Gasteiger partial charge < -0.3 is 0 Å². The predicted octanol–water partition coefficient (Wildman–Crippen LogP) is 3.46.